The van der Waals surface area contributed by atoms with E-state index in [4.69, 9.17) is 9.72 Å². The highest BCUT2D eigenvalue weighted by atomic mass is 32.2. The monoisotopic (exact) mass is 483 g/mol. The molecule has 10 heteroatoms. The maximum atomic E-state index is 13.3. The smallest absolute Gasteiger partial charge is 0.272 e. The average Bonchev–Trinajstić information content (AvgIpc) is 3.37. The summed E-state index contributed by atoms with van der Waals surface area (Å²) in [5, 5.41) is 3.00. The molecule has 2 aliphatic rings. The first-order chi connectivity index (χ1) is 16.4. The topological polar surface area (TPSA) is 106 Å². The first-order valence-electron chi connectivity index (χ1n) is 11.6. The van der Waals surface area contributed by atoms with Gasteiger partial charge < -0.3 is 14.6 Å². The summed E-state index contributed by atoms with van der Waals surface area (Å²) in [7, 11) is -3.08. The van der Waals surface area contributed by atoms with E-state index in [1.54, 1.807) is 0 Å². The predicted molar refractivity (Wildman–Crippen MR) is 130 cm³/mol. The second-order valence-electron chi connectivity index (χ2n) is 8.89. The van der Waals surface area contributed by atoms with Crippen LogP contribution in [-0.4, -0.2) is 84.7 Å². The molecule has 1 amide bonds. The fourth-order valence-corrected chi connectivity index (χ4v) is 6.50. The zero-order valence-corrected chi connectivity index (χ0v) is 20.1. The van der Waals surface area contributed by atoms with Gasteiger partial charge in [-0.05, 0) is 19.4 Å². The molecule has 34 heavy (non-hydrogen) atoms. The van der Waals surface area contributed by atoms with E-state index in [2.05, 4.69) is 15.2 Å². The number of nitrogens with zero attached hydrogens (tertiary/aromatic N) is 4. The molecular formula is C24H29N5O4S. The molecule has 4 heterocycles. The van der Waals surface area contributed by atoms with Crippen LogP contribution in [-0.2, 0) is 14.6 Å². The Balaban J connectivity index is 1.51. The number of carbonyl (C=O) groups excluding carboxylic acids is 1. The molecule has 0 saturated carbocycles. The van der Waals surface area contributed by atoms with E-state index in [1.807, 2.05) is 47.9 Å². The minimum atomic E-state index is -3.08. The first-order valence-corrected chi connectivity index (χ1v) is 13.5. The van der Waals surface area contributed by atoms with E-state index in [9.17, 15) is 13.2 Å². The third-order valence-corrected chi connectivity index (χ3v) is 8.28. The van der Waals surface area contributed by atoms with Gasteiger partial charge in [-0.1, -0.05) is 30.3 Å². The summed E-state index contributed by atoms with van der Waals surface area (Å²) in [4.78, 5) is 24.9. The van der Waals surface area contributed by atoms with Crippen LogP contribution in [0, 0.1) is 6.92 Å². The van der Waals surface area contributed by atoms with Crippen molar-refractivity contribution < 1.29 is 17.9 Å². The molecule has 1 N–H and O–H groups in total. The highest BCUT2D eigenvalue weighted by Gasteiger charge is 2.32. The standard InChI is InChI=1S/C24H29N5O4S/c1-17-26-22-21(29(17)19-7-14-34(31,32)16-19)15-20(18-5-3-2-4-6-18)27-23(22)24(30)25-8-9-28-10-12-33-13-11-28/h2-6,15,19H,7-14,16H2,1H3,(H,25,30). The largest absolute Gasteiger partial charge is 0.379 e. The normalized spacial score (nSPS) is 20.6. The molecule has 3 aromatic rings. The zero-order chi connectivity index (χ0) is 23.7. The van der Waals surface area contributed by atoms with E-state index >= 15 is 0 Å². The molecule has 0 aliphatic carbocycles. The van der Waals surface area contributed by atoms with Crippen LogP contribution in [0.1, 0.15) is 28.8 Å². The number of nitrogens with one attached hydrogen (secondary N) is 1. The first kappa shape index (κ1) is 22.9. The van der Waals surface area contributed by atoms with Gasteiger partial charge in [0, 0.05) is 31.7 Å². The van der Waals surface area contributed by atoms with Gasteiger partial charge in [-0.2, -0.15) is 0 Å². The van der Waals surface area contributed by atoms with E-state index in [1.165, 1.54) is 0 Å². The molecule has 9 nitrogen and oxygen atoms in total. The fraction of sp³-hybridized carbons (Fsp3) is 0.458. The van der Waals surface area contributed by atoms with Gasteiger partial charge in [0.15, 0.2) is 15.5 Å². The lowest BCUT2D eigenvalue weighted by Crippen LogP contribution is -2.41. The zero-order valence-electron chi connectivity index (χ0n) is 19.2. The van der Waals surface area contributed by atoms with Gasteiger partial charge in [0.1, 0.15) is 11.3 Å². The van der Waals surface area contributed by atoms with Crippen molar-refractivity contribution in [2.45, 2.75) is 19.4 Å². The number of benzene rings is 1. The number of sulfone groups is 1. The number of aryl methyl sites for hydroxylation is 1. The summed E-state index contributed by atoms with van der Waals surface area (Å²) in [6.07, 6.45) is 0.540. The SMILES string of the molecule is Cc1nc2c(C(=O)NCCN3CCOCC3)nc(-c3ccccc3)cc2n1C1CCS(=O)(=O)C1. The predicted octanol–water partition coefficient (Wildman–Crippen LogP) is 1.83. The van der Waals surface area contributed by atoms with Gasteiger partial charge in [-0.25, -0.2) is 18.4 Å². The number of amides is 1. The second-order valence-corrected chi connectivity index (χ2v) is 11.1. The van der Waals surface area contributed by atoms with Crippen molar-refractivity contribution in [2.24, 2.45) is 0 Å². The quantitative estimate of drug-likeness (QED) is 0.570. The third-order valence-electron chi connectivity index (χ3n) is 6.53. The Hall–Kier alpha value is -2.82. The number of carbonyl (C=O) groups is 1. The number of ether oxygens (including phenoxy) is 1. The van der Waals surface area contributed by atoms with Crippen LogP contribution < -0.4 is 5.32 Å². The molecule has 0 spiro atoms. The molecule has 2 aliphatic heterocycles. The number of hydrogen-bond acceptors (Lipinski definition) is 7. The lowest BCUT2D eigenvalue weighted by atomic mass is 10.1. The van der Waals surface area contributed by atoms with Gasteiger partial charge in [0.05, 0.1) is 42.0 Å². The lowest BCUT2D eigenvalue weighted by molar-refractivity contribution is 0.0383. The van der Waals surface area contributed by atoms with E-state index < -0.39 is 9.84 Å². The molecular weight excluding hydrogens is 454 g/mol. The average molecular weight is 484 g/mol. The summed E-state index contributed by atoms with van der Waals surface area (Å²) < 4.78 is 31.7. The van der Waals surface area contributed by atoms with Gasteiger partial charge in [0.2, 0.25) is 0 Å². The van der Waals surface area contributed by atoms with E-state index in [0.29, 0.717) is 43.2 Å². The number of imidazole rings is 1. The van der Waals surface area contributed by atoms with Crippen molar-refractivity contribution in [2.75, 3.05) is 50.9 Å². The lowest BCUT2D eigenvalue weighted by Gasteiger charge is -2.26. The van der Waals surface area contributed by atoms with Crippen LogP contribution >= 0.6 is 0 Å². The molecule has 1 atom stereocenters. The Morgan fingerprint density at radius 1 is 1.18 bits per heavy atom. The third kappa shape index (κ3) is 4.70. The summed E-state index contributed by atoms with van der Waals surface area (Å²) in [5.41, 5.74) is 3.06. The molecule has 180 valence electrons. The Kier molecular flexibility index (Phi) is 6.37. The number of morpholine rings is 1. The van der Waals surface area contributed by atoms with Crippen molar-refractivity contribution in [1.29, 1.82) is 0 Å². The Bertz CT molecular complexity index is 1300. The van der Waals surface area contributed by atoms with Gasteiger partial charge >= 0.3 is 0 Å². The number of hydrogen-bond donors (Lipinski definition) is 1. The minimum absolute atomic E-state index is 0.0867. The van der Waals surface area contributed by atoms with Crippen molar-refractivity contribution >= 4 is 26.8 Å². The Morgan fingerprint density at radius 2 is 1.94 bits per heavy atom. The number of fused-ring (bicyclic) bond motifs is 1. The van der Waals surface area contributed by atoms with Crippen LogP contribution in [0.15, 0.2) is 36.4 Å². The molecule has 0 bridgehead atoms. The van der Waals surface area contributed by atoms with Crippen LogP contribution in [0.4, 0.5) is 0 Å². The van der Waals surface area contributed by atoms with Gasteiger partial charge in [-0.15, -0.1) is 0 Å². The van der Waals surface area contributed by atoms with Crippen LogP contribution in [0.25, 0.3) is 22.3 Å². The van der Waals surface area contributed by atoms with E-state index in [-0.39, 0.29) is 29.1 Å². The van der Waals surface area contributed by atoms with Crippen molar-refractivity contribution in [1.82, 2.24) is 24.8 Å². The van der Waals surface area contributed by atoms with Crippen LogP contribution in [0.2, 0.25) is 0 Å². The second kappa shape index (κ2) is 9.44. The Labute approximate surface area is 199 Å². The molecule has 5 rings (SSSR count). The highest BCUT2D eigenvalue weighted by molar-refractivity contribution is 7.91. The summed E-state index contributed by atoms with van der Waals surface area (Å²) >= 11 is 0. The van der Waals surface area contributed by atoms with Crippen LogP contribution in [0.5, 0.6) is 0 Å². The molecule has 2 fully saturated rings. The van der Waals surface area contributed by atoms with Crippen molar-refractivity contribution in [3.8, 4) is 11.3 Å². The van der Waals surface area contributed by atoms with Gasteiger partial charge in [0.25, 0.3) is 5.91 Å². The molecule has 0 radical (unpaired) electrons. The number of aromatic nitrogens is 3. The maximum Gasteiger partial charge on any atom is 0.272 e. The summed E-state index contributed by atoms with van der Waals surface area (Å²) in [6, 6.07) is 11.4. The summed E-state index contributed by atoms with van der Waals surface area (Å²) in [6.45, 7) is 6.23. The minimum Gasteiger partial charge on any atom is -0.379 e. The van der Waals surface area contributed by atoms with E-state index in [0.717, 1.165) is 30.7 Å². The molecule has 1 aromatic carbocycles. The summed E-state index contributed by atoms with van der Waals surface area (Å²) in [5.74, 6) is 0.664. The maximum absolute atomic E-state index is 13.3. The molecule has 2 saturated heterocycles. The molecule has 2 aromatic heterocycles. The Morgan fingerprint density at radius 3 is 2.65 bits per heavy atom. The number of rotatable bonds is 6. The molecule has 1 unspecified atom stereocenters. The highest BCUT2D eigenvalue weighted by Crippen LogP contribution is 2.32. The van der Waals surface area contributed by atoms with Crippen molar-refractivity contribution in [3.63, 3.8) is 0 Å². The van der Waals surface area contributed by atoms with Gasteiger partial charge in [-0.3, -0.25) is 9.69 Å². The van der Waals surface area contributed by atoms with Crippen LogP contribution in [0.3, 0.4) is 0 Å². The van der Waals surface area contributed by atoms with Crippen molar-refractivity contribution in [3.05, 3.63) is 47.9 Å². The number of pyridine rings is 1. The fourth-order valence-electron chi connectivity index (χ4n) is 4.80.